The smallest absolute Gasteiger partial charge is 0.416 e. The van der Waals surface area contributed by atoms with Crippen molar-refractivity contribution in [2.75, 3.05) is 13.1 Å². The van der Waals surface area contributed by atoms with E-state index in [4.69, 9.17) is 5.11 Å². The van der Waals surface area contributed by atoms with Gasteiger partial charge in [0.1, 0.15) is 0 Å². The van der Waals surface area contributed by atoms with E-state index in [-0.39, 0.29) is 19.2 Å². The molecule has 1 saturated heterocycles. The Labute approximate surface area is 138 Å². The molecule has 2 atom stereocenters. The molecule has 138 valence electrons. The highest BCUT2D eigenvalue weighted by Gasteiger charge is 2.40. The van der Waals surface area contributed by atoms with Crippen LogP contribution in [0.4, 0.5) is 26.3 Å². The zero-order valence-electron chi connectivity index (χ0n) is 12.8. The number of hydrogen-bond acceptors (Lipinski definition) is 2. The van der Waals surface area contributed by atoms with Crippen LogP contribution in [-0.4, -0.2) is 35.0 Å². The monoisotopic (exact) mass is 369 g/mol. The topological polar surface area (TPSA) is 57.6 Å². The van der Waals surface area contributed by atoms with Crippen molar-refractivity contribution in [3.05, 3.63) is 34.9 Å². The molecular weight excluding hydrogens is 356 g/mol. The second-order valence-electron chi connectivity index (χ2n) is 5.93. The molecule has 0 saturated carbocycles. The van der Waals surface area contributed by atoms with Crippen LogP contribution in [0.1, 0.15) is 28.4 Å². The Bertz CT molecular complexity index is 665. The maximum Gasteiger partial charge on any atom is 0.416 e. The van der Waals surface area contributed by atoms with Crippen LogP contribution in [0.2, 0.25) is 0 Å². The SMILES string of the molecule is C[C@@H]1CN(C(=O)c2cc(C(F)(F)F)cc(C(F)(F)F)c2)C[C@H]1C(=O)O. The van der Waals surface area contributed by atoms with E-state index in [1.165, 1.54) is 0 Å². The Morgan fingerprint density at radius 3 is 1.84 bits per heavy atom. The van der Waals surface area contributed by atoms with Crippen molar-refractivity contribution in [1.29, 1.82) is 0 Å². The zero-order chi connectivity index (χ0) is 19.2. The van der Waals surface area contributed by atoms with Crippen LogP contribution in [0.25, 0.3) is 0 Å². The Morgan fingerprint density at radius 1 is 1.00 bits per heavy atom. The fraction of sp³-hybridized carbons (Fsp3) is 0.467. The number of carboxylic acid groups (broad SMARTS) is 1. The molecular formula is C15H13F6NO3. The molecule has 0 unspecified atom stereocenters. The fourth-order valence-corrected chi connectivity index (χ4v) is 2.72. The first-order valence-corrected chi connectivity index (χ1v) is 7.12. The molecule has 0 aromatic heterocycles. The van der Waals surface area contributed by atoms with Gasteiger partial charge in [-0.05, 0) is 24.1 Å². The number of carboxylic acids is 1. The first-order valence-electron chi connectivity index (χ1n) is 7.12. The van der Waals surface area contributed by atoms with E-state index >= 15 is 0 Å². The molecule has 1 heterocycles. The molecule has 2 rings (SSSR count). The molecule has 0 radical (unpaired) electrons. The average Bonchev–Trinajstić information content (AvgIpc) is 2.86. The Hall–Kier alpha value is -2.26. The average molecular weight is 369 g/mol. The van der Waals surface area contributed by atoms with Crippen LogP contribution in [0, 0.1) is 11.8 Å². The van der Waals surface area contributed by atoms with Gasteiger partial charge in [0.2, 0.25) is 0 Å². The minimum Gasteiger partial charge on any atom is -0.481 e. The molecule has 25 heavy (non-hydrogen) atoms. The van der Waals surface area contributed by atoms with Crippen molar-refractivity contribution < 1.29 is 41.0 Å². The van der Waals surface area contributed by atoms with Crippen molar-refractivity contribution in [3.63, 3.8) is 0 Å². The summed E-state index contributed by atoms with van der Waals surface area (Å²) in [6, 6.07) is 0.621. The molecule has 0 spiro atoms. The highest BCUT2D eigenvalue weighted by atomic mass is 19.4. The van der Waals surface area contributed by atoms with Gasteiger partial charge < -0.3 is 10.0 Å². The van der Waals surface area contributed by atoms with Crippen molar-refractivity contribution in [3.8, 4) is 0 Å². The fourth-order valence-electron chi connectivity index (χ4n) is 2.72. The molecule has 0 aliphatic carbocycles. The maximum absolute atomic E-state index is 12.8. The Balaban J connectivity index is 2.41. The Kier molecular flexibility index (Phi) is 4.75. The molecule has 1 aliphatic rings. The summed E-state index contributed by atoms with van der Waals surface area (Å²) >= 11 is 0. The zero-order valence-corrected chi connectivity index (χ0v) is 12.8. The summed E-state index contributed by atoms with van der Waals surface area (Å²) in [6.45, 7) is 1.21. The summed E-state index contributed by atoms with van der Waals surface area (Å²) in [5.74, 6) is -3.62. The van der Waals surface area contributed by atoms with E-state index in [9.17, 15) is 35.9 Å². The number of carbonyl (C=O) groups is 2. The molecule has 1 aromatic carbocycles. The lowest BCUT2D eigenvalue weighted by Gasteiger charge is -2.19. The van der Waals surface area contributed by atoms with Crippen molar-refractivity contribution in [2.45, 2.75) is 19.3 Å². The molecule has 4 nitrogen and oxygen atoms in total. The van der Waals surface area contributed by atoms with Gasteiger partial charge in [0.05, 0.1) is 17.0 Å². The van der Waals surface area contributed by atoms with Gasteiger partial charge in [-0.15, -0.1) is 0 Å². The number of hydrogen-bond donors (Lipinski definition) is 1. The quantitative estimate of drug-likeness (QED) is 0.812. The number of nitrogens with zero attached hydrogens (tertiary/aromatic N) is 1. The molecule has 0 bridgehead atoms. The molecule has 10 heteroatoms. The van der Waals surface area contributed by atoms with E-state index in [1.807, 2.05) is 0 Å². The van der Waals surface area contributed by atoms with Crippen LogP contribution in [0.5, 0.6) is 0 Å². The largest absolute Gasteiger partial charge is 0.481 e. The van der Waals surface area contributed by atoms with E-state index < -0.39 is 52.8 Å². The molecule has 1 N–H and O–H groups in total. The molecule has 1 fully saturated rings. The summed E-state index contributed by atoms with van der Waals surface area (Å²) in [5, 5.41) is 9.02. The van der Waals surface area contributed by atoms with Crippen LogP contribution >= 0.6 is 0 Å². The highest BCUT2D eigenvalue weighted by molar-refractivity contribution is 5.95. The number of aliphatic carboxylic acids is 1. The summed E-state index contributed by atoms with van der Waals surface area (Å²) < 4.78 is 77.0. The second-order valence-corrected chi connectivity index (χ2v) is 5.93. The van der Waals surface area contributed by atoms with E-state index in [2.05, 4.69) is 0 Å². The highest BCUT2D eigenvalue weighted by Crippen LogP contribution is 2.37. The predicted molar refractivity (Wildman–Crippen MR) is 72.6 cm³/mol. The normalized spacial score (nSPS) is 21.5. The standard InChI is InChI=1S/C15H13F6NO3/c1-7-5-22(6-11(7)13(24)25)12(23)8-2-9(14(16,17)18)4-10(3-8)15(19,20)21/h2-4,7,11H,5-6H2,1H3,(H,24,25)/t7-,11-/m1/s1. The van der Waals surface area contributed by atoms with Gasteiger partial charge in [-0.25, -0.2) is 0 Å². The van der Waals surface area contributed by atoms with Crippen LogP contribution in [0.15, 0.2) is 18.2 Å². The van der Waals surface area contributed by atoms with Gasteiger partial charge in [0.15, 0.2) is 0 Å². The number of likely N-dealkylation sites (tertiary alicyclic amines) is 1. The van der Waals surface area contributed by atoms with Crippen molar-refractivity contribution in [2.24, 2.45) is 11.8 Å². The van der Waals surface area contributed by atoms with Crippen LogP contribution < -0.4 is 0 Å². The third-order valence-electron chi connectivity index (χ3n) is 4.05. The van der Waals surface area contributed by atoms with E-state index in [0.29, 0.717) is 12.1 Å². The van der Waals surface area contributed by atoms with Crippen LogP contribution in [0.3, 0.4) is 0 Å². The van der Waals surface area contributed by atoms with Crippen LogP contribution in [-0.2, 0) is 17.1 Å². The number of carbonyl (C=O) groups excluding carboxylic acids is 1. The number of benzene rings is 1. The molecule has 1 amide bonds. The van der Waals surface area contributed by atoms with Gasteiger partial charge >= 0.3 is 18.3 Å². The van der Waals surface area contributed by atoms with Gasteiger partial charge in [-0.3, -0.25) is 9.59 Å². The van der Waals surface area contributed by atoms with Gasteiger partial charge in [-0.1, -0.05) is 6.92 Å². The number of rotatable bonds is 2. The first kappa shape index (κ1) is 19.1. The summed E-state index contributed by atoms with van der Waals surface area (Å²) in [7, 11) is 0. The lowest BCUT2D eigenvalue weighted by Crippen LogP contribution is -2.30. The molecule has 1 aliphatic heterocycles. The maximum atomic E-state index is 12.8. The van der Waals surface area contributed by atoms with Crippen molar-refractivity contribution >= 4 is 11.9 Å². The van der Waals surface area contributed by atoms with Gasteiger partial charge in [-0.2, -0.15) is 26.3 Å². The lowest BCUT2D eigenvalue weighted by atomic mass is 9.99. The third-order valence-corrected chi connectivity index (χ3v) is 4.05. The lowest BCUT2D eigenvalue weighted by molar-refractivity contribution is -0.144. The number of amides is 1. The third kappa shape index (κ3) is 4.05. The molecule has 1 aromatic rings. The summed E-state index contributed by atoms with van der Waals surface area (Å²) in [4.78, 5) is 24.3. The minimum atomic E-state index is -5.06. The minimum absolute atomic E-state index is 0.0621. The summed E-state index contributed by atoms with van der Waals surface area (Å²) in [6.07, 6.45) is -10.1. The van der Waals surface area contributed by atoms with E-state index in [1.54, 1.807) is 6.92 Å². The van der Waals surface area contributed by atoms with Gasteiger partial charge in [0, 0.05) is 18.7 Å². The summed E-state index contributed by atoms with van der Waals surface area (Å²) in [5.41, 5.74) is -3.96. The van der Waals surface area contributed by atoms with Crippen molar-refractivity contribution in [1.82, 2.24) is 4.90 Å². The Morgan fingerprint density at radius 2 is 1.48 bits per heavy atom. The number of alkyl halides is 6. The van der Waals surface area contributed by atoms with Gasteiger partial charge in [0.25, 0.3) is 5.91 Å². The second kappa shape index (κ2) is 6.23. The first-order chi connectivity index (χ1) is 11.3. The predicted octanol–water partition coefficient (Wildman–Crippen LogP) is 3.52. The number of halogens is 6. The van der Waals surface area contributed by atoms with E-state index in [0.717, 1.165) is 4.90 Å².